The molecule has 0 saturated carbocycles. The molecular weight excluding hydrogens is 236 g/mol. The summed E-state index contributed by atoms with van der Waals surface area (Å²) in [6.07, 6.45) is 0.405. The summed E-state index contributed by atoms with van der Waals surface area (Å²) in [5.74, 6) is 0. The second-order valence-electron chi connectivity index (χ2n) is 4.76. The summed E-state index contributed by atoms with van der Waals surface area (Å²) in [6, 6.07) is 19.9. The van der Waals surface area contributed by atoms with E-state index >= 15 is 0 Å². The normalized spacial score (nSPS) is 14.0. The van der Waals surface area contributed by atoms with Gasteiger partial charge in [0.15, 0.2) is 0 Å². The molecule has 2 aromatic rings. The molecule has 2 nitrogen and oxygen atoms in total. The van der Waals surface area contributed by atoms with Crippen molar-refractivity contribution in [2.24, 2.45) is 0 Å². The molecule has 0 aromatic heterocycles. The predicted molar refractivity (Wildman–Crippen MR) is 77.0 cm³/mol. The van der Waals surface area contributed by atoms with Crippen LogP contribution < -0.4 is 0 Å². The summed E-state index contributed by atoms with van der Waals surface area (Å²) in [7, 11) is 0. The Morgan fingerprint density at radius 3 is 2.16 bits per heavy atom. The molecule has 2 heteroatoms. The van der Waals surface area contributed by atoms with Gasteiger partial charge in [-0.1, -0.05) is 60.7 Å². The third-order valence-corrected chi connectivity index (χ3v) is 3.09. The number of ether oxygens (including phenoxy) is 1. The van der Waals surface area contributed by atoms with Gasteiger partial charge < -0.3 is 9.84 Å². The van der Waals surface area contributed by atoms with E-state index in [1.54, 1.807) is 0 Å². The Morgan fingerprint density at radius 2 is 1.53 bits per heavy atom. The second-order valence-corrected chi connectivity index (χ2v) is 4.76. The second kappa shape index (κ2) is 7.07. The summed E-state index contributed by atoms with van der Waals surface area (Å²) >= 11 is 0. The van der Waals surface area contributed by atoms with Gasteiger partial charge in [-0.25, -0.2) is 0 Å². The molecule has 0 fully saturated rings. The van der Waals surface area contributed by atoms with Crippen molar-refractivity contribution < 1.29 is 9.84 Å². The molecule has 2 aromatic carbocycles. The van der Waals surface area contributed by atoms with Crippen molar-refractivity contribution in [3.8, 4) is 0 Å². The molecule has 2 atom stereocenters. The molecule has 0 saturated heterocycles. The number of benzene rings is 2. The molecule has 0 aliphatic carbocycles. The first-order valence-corrected chi connectivity index (χ1v) is 6.64. The lowest BCUT2D eigenvalue weighted by Crippen LogP contribution is -2.16. The summed E-state index contributed by atoms with van der Waals surface area (Å²) in [4.78, 5) is 0. The topological polar surface area (TPSA) is 29.5 Å². The zero-order valence-corrected chi connectivity index (χ0v) is 11.2. The van der Waals surface area contributed by atoms with Crippen molar-refractivity contribution in [1.29, 1.82) is 0 Å². The maximum absolute atomic E-state index is 10.0. The van der Waals surface area contributed by atoms with Gasteiger partial charge in [-0.05, 0) is 24.5 Å². The lowest BCUT2D eigenvalue weighted by atomic mass is 10.1. The van der Waals surface area contributed by atoms with Crippen LogP contribution in [0.25, 0.3) is 0 Å². The zero-order valence-electron chi connectivity index (χ0n) is 11.2. The van der Waals surface area contributed by atoms with Crippen LogP contribution in [-0.2, 0) is 11.2 Å². The summed E-state index contributed by atoms with van der Waals surface area (Å²) in [5.41, 5.74) is 2.15. The fourth-order valence-corrected chi connectivity index (χ4v) is 2.03. The first-order chi connectivity index (χ1) is 9.25. The minimum Gasteiger partial charge on any atom is -0.386 e. The number of hydrogen-bond donors (Lipinski definition) is 1. The van der Waals surface area contributed by atoms with E-state index in [0.717, 1.165) is 12.0 Å². The van der Waals surface area contributed by atoms with Crippen LogP contribution in [0.15, 0.2) is 60.7 Å². The third-order valence-electron chi connectivity index (χ3n) is 3.09. The van der Waals surface area contributed by atoms with E-state index in [4.69, 9.17) is 4.74 Å². The predicted octanol–water partition coefficient (Wildman–Crippen LogP) is 3.37. The van der Waals surface area contributed by atoms with E-state index in [2.05, 4.69) is 12.1 Å². The van der Waals surface area contributed by atoms with Crippen molar-refractivity contribution in [3.05, 3.63) is 71.8 Å². The largest absolute Gasteiger partial charge is 0.386 e. The molecule has 0 amide bonds. The average molecular weight is 256 g/mol. The van der Waals surface area contributed by atoms with Crippen molar-refractivity contribution in [2.75, 3.05) is 6.61 Å². The van der Waals surface area contributed by atoms with Gasteiger partial charge in [0, 0.05) is 0 Å². The van der Waals surface area contributed by atoms with Crippen LogP contribution in [0.5, 0.6) is 0 Å². The number of aliphatic hydroxyl groups is 1. The van der Waals surface area contributed by atoms with Gasteiger partial charge in [-0.15, -0.1) is 0 Å². The quantitative estimate of drug-likeness (QED) is 0.858. The smallest absolute Gasteiger partial charge is 0.102 e. The number of aliphatic hydroxyl groups excluding tert-OH is 1. The molecule has 0 aliphatic rings. The van der Waals surface area contributed by atoms with Crippen LogP contribution in [0.4, 0.5) is 0 Å². The first-order valence-electron chi connectivity index (χ1n) is 6.64. The molecule has 0 spiro atoms. The van der Waals surface area contributed by atoms with E-state index in [0.29, 0.717) is 6.61 Å². The summed E-state index contributed by atoms with van der Waals surface area (Å²) in [6.45, 7) is 2.36. The van der Waals surface area contributed by atoms with Gasteiger partial charge >= 0.3 is 0 Å². The molecule has 2 rings (SSSR count). The minimum absolute atomic E-state index is 0.0979. The molecule has 2 unspecified atom stereocenters. The van der Waals surface area contributed by atoms with Crippen molar-refractivity contribution in [1.82, 2.24) is 0 Å². The number of rotatable bonds is 6. The van der Waals surface area contributed by atoms with Crippen LogP contribution >= 0.6 is 0 Å². The highest BCUT2D eigenvalue weighted by Crippen LogP contribution is 2.14. The van der Waals surface area contributed by atoms with Crippen molar-refractivity contribution >= 4 is 0 Å². The van der Waals surface area contributed by atoms with E-state index in [9.17, 15) is 5.11 Å². The van der Waals surface area contributed by atoms with Crippen LogP contribution in [0, 0.1) is 0 Å². The summed E-state index contributed by atoms with van der Waals surface area (Å²) < 4.78 is 5.71. The fourth-order valence-electron chi connectivity index (χ4n) is 2.03. The van der Waals surface area contributed by atoms with E-state index in [-0.39, 0.29) is 6.10 Å². The molecule has 19 heavy (non-hydrogen) atoms. The van der Waals surface area contributed by atoms with Crippen molar-refractivity contribution in [3.63, 3.8) is 0 Å². The Bertz CT molecular complexity index is 467. The maximum Gasteiger partial charge on any atom is 0.102 e. The monoisotopic (exact) mass is 256 g/mol. The molecule has 100 valence electrons. The molecule has 0 aliphatic heterocycles. The van der Waals surface area contributed by atoms with Crippen LogP contribution in [0.1, 0.15) is 24.2 Å². The van der Waals surface area contributed by atoms with E-state index in [1.807, 2.05) is 55.5 Å². The van der Waals surface area contributed by atoms with Gasteiger partial charge in [-0.3, -0.25) is 0 Å². The Kier molecular flexibility index (Phi) is 5.13. The average Bonchev–Trinajstić information content (AvgIpc) is 2.47. The Labute approximate surface area is 114 Å². The molecule has 0 bridgehead atoms. The first kappa shape index (κ1) is 13.8. The van der Waals surface area contributed by atoms with Gasteiger partial charge in [-0.2, -0.15) is 0 Å². The number of hydrogen-bond acceptors (Lipinski definition) is 2. The van der Waals surface area contributed by atoms with Gasteiger partial charge in [0.05, 0.1) is 12.7 Å². The molecular formula is C17H20O2. The van der Waals surface area contributed by atoms with E-state index < -0.39 is 6.10 Å². The zero-order chi connectivity index (χ0) is 13.5. The lowest BCUT2D eigenvalue weighted by molar-refractivity contribution is -0.00219. The van der Waals surface area contributed by atoms with Crippen molar-refractivity contribution in [2.45, 2.75) is 25.6 Å². The van der Waals surface area contributed by atoms with E-state index in [1.165, 1.54) is 5.56 Å². The van der Waals surface area contributed by atoms with Crippen LogP contribution in [-0.4, -0.2) is 17.8 Å². The summed E-state index contributed by atoms with van der Waals surface area (Å²) in [5, 5.41) is 10.0. The Balaban J connectivity index is 1.79. The minimum atomic E-state index is -0.556. The van der Waals surface area contributed by atoms with Crippen LogP contribution in [0.3, 0.4) is 0 Å². The highest BCUT2D eigenvalue weighted by atomic mass is 16.5. The van der Waals surface area contributed by atoms with Gasteiger partial charge in [0.2, 0.25) is 0 Å². The third kappa shape index (κ3) is 4.51. The van der Waals surface area contributed by atoms with Gasteiger partial charge in [0.1, 0.15) is 6.10 Å². The SMILES string of the molecule is CC(Cc1ccccc1)OCC(O)c1ccccc1. The standard InChI is InChI=1S/C17H20O2/c1-14(12-15-8-4-2-5-9-15)19-13-17(18)16-10-6-3-7-11-16/h2-11,14,17-18H,12-13H2,1H3. The Hall–Kier alpha value is -1.64. The fraction of sp³-hybridized carbons (Fsp3) is 0.294. The van der Waals surface area contributed by atoms with Gasteiger partial charge in [0.25, 0.3) is 0 Å². The molecule has 0 heterocycles. The molecule has 0 radical (unpaired) electrons. The maximum atomic E-state index is 10.0. The lowest BCUT2D eigenvalue weighted by Gasteiger charge is -2.16. The van der Waals surface area contributed by atoms with Crippen LogP contribution in [0.2, 0.25) is 0 Å². The Morgan fingerprint density at radius 1 is 0.947 bits per heavy atom. The highest BCUT2D eigenvalue weighted by molar-refractivity contribution is 5.17. The highest BCUT2D eigenvalue weighted by Gasteiger charge is 2.10. The molecule has 1 N–H and O–H groups in total.